The fourth-order valence-corrected chi connectivity index (χ4v) is 4.15. The van der Waals surface area contributed by atoms with Gasteiger partial charge in [-0.05, 0) is 76.8 Å². The molecule has 2 aromatic rings. The number of benzene rings is 2. The molecule has 162 valence electrons. The summed E-state index contributed by atoms with van der Waals surface area (Å²) in [5, 5.41) is 9.73. The summed E-state index contributed by atoms with van der Waals surface area (Å²) in [5.74, 6) is 0.618. The van der Waals surface area contributed by atoms with Crippen molar-refractivity contribution in [3.8, 4) is 5.75 Å². The summed E-state index contributed by atoms with van der Waals surface area (Å²) in [5.41, 5.74) is 3.01. The van der Waals surface area contributed by atoms with Gasteiger partial charge in [0.15, 0.2) is 0 Å². The minimum absolute atomic E-state index is 0.0323. The zero-order valence-electron chi connectivity index (χ0n) is 18.7. The molecule has 0 unspecified atom stereocenters. The molecule has 30 heavy (non-hydrogen) atoms. The standard InChI is InChI=1S/C26H35NO3/c1-18(2)27(19(3)4)15-14-23(21-8-6-5-7-9-21)24-16-20(17-28)10-13-25(24)30-26(29)22-11-12-22/h5-10,13,16,18-19,22-23,28H,11-12,14-15,17H2,1-4H3/t23-/m1/s1. The lowest BCUT2D eigenvalue weighted by Gasteiger charge is -2.32. The summed E-state index contributed by atoms with van der Waals surface area (Å²) in [6.45, 7) is 9.82. The largest absolute Gasteiger partial charge is 0.426 e. The molecule has 0 aromatic heterocycles. The second-order valence-electron chi connectivity index (χ2n) is 8.90. The van der Waals surface area contributed by atoms with Crippen molar-refractivity contribution in [2.24, 2.45) is 5.92 Å². The van der Waals surface area contributed by atoms with Crippen LogP contribution in [-0.4, -0.2) is 34.6 Å². The van der Waals surface area contributed by atoms with Crippen molar-refractivity contribution in [3.63, 3.8) is 0 Å². The summed E-state index contributed by atoms with van der Waals surface area (Å²) >= 11 is 0. The first-order chi connectivity index (χ1) is 14.4. The molecule has 0 bridgehead atoms. The number of aliphatic hydroxyl groups is 1. The van der Waals surface area contributed by atoms with Gasteiger partial charge in [-0.25, -0.2) is 0 Å². The van der Waals surface area contributed by atoms with Crippen molar-refractivity contribution in [3.05, 3.63) is 65.2 Å². The van der Waals surface area contributed by atoms with Gasteiger partial charge >= 0.3 is 5.97 Å². The molecule has 1 fully saturated rings. The second-order valence-corrected chi connectivity index (χ2v) is 8.90. The Labute approximate surface area is 180 Å². The van der Waals surface area contributed by atoms with Crippen LogP contribution in [0.25, 0.3) is 0 Å². The molecule has 3 rings (SSSR count). The van der Waals surface area contributed by atoms with E-state index in [1.54, 1.807) is 0 Å². The first kappa shape index (κ1) is 22.5. The van der Waals surface area contributed by atoms with E-state index in [1.807, 2.05) is 24.3 Å². The van der Waals surface area contributed by atoms with E-state index in [-0.39, 0.29) is 24.4 Å². The van der Waals surface area contributed by atoms with Crippen LogP contribution in [0.15, 0.2) is 48.5 Å². The fraction of sp³-hybridized carbons (Fsp3) is 0.500. The van der Waals surface area contributed by atoms with Crippen LogP contribution in [0.5, 0.6) is 5.75 Å². The maximum absolute atomic E-state index is 12.4. The molecular formula is C26H35NO3. The molecule has 1 N–H and O–H groups in total. The average Bonchev–Trinajstić information content (AvgIpc) is 3.57. The number of rotatable bonds is 10. The molecule has 0 heterocycles. The van der Waals surface area contributed by atoms with E-state index in [2.05, 4.69) is 56.9 Å². The number of hydrogen-bond donors (Lipinski definition) is 1. The molecule has 1 aliphatic carbocycles. The minimum Gasteiger partial charge on any atom is -0.426 e. The van der Waals surface area contributed by atoms with Gasteiger partial charge in [0, 0.05) is 23.6 Å². The number of ether oxygens (including phenoxy) is 1. The molecule has 0 radical (unpaired) electrons. The quantitative estimate of drug-likeness (QED) is 0.436. The zero-order valence-corrected chi connectivity index (χ0v) is 18.7. The van der Waals surface area contributed by atoms with Crippen LogP contribution < -0.4 is 4.74 Å². The number of nitrogens with zero attached hydrogens (tertiary/aromatic N) is 1. The normalized spacial score (nSPS) is 15.1. The van der Waals surface area contributed by atoms with E-state index in [1.165, 1.54) is 5.56 Å². The molecule has 2 aromatic carbocycles. The predicted molar refractivity (Wildman–Crippen MR) is 121 cm³/mol. The number of aliphatic hydroxyl groups excluding tert-OH is 1. The van der Waals surface area contributed by atoms with Gasteiger partial charge in [-0.1, -0.05) is 36.4 Å². The monoisotopic (exact) mass is 409 g/mol. The van der Waals surface area contributed by atoms with Gasteiger partial charge in [0.2, 0.25) is 0 Å². The molecule has 1 aliphatic rings. The summed E-state index contributed by atoms with van der Waals surface area (Å²) in [6.07, 6.45) is 2.74. The highest BCUT2D eigenvalue weighted by atomic mass is 16.5. The number of hydrogen-bond acceptors (Lipinski definition) is 4. The van der Waals surface area contributed by atoms with Gasteiger partial charge in [-0.3, -0.25) is 9.69 Å². The smallest absolute Gasteiger partial charge is 0.314 e. The van der Waals surface area contributed by atoms with Crippen molar-refractivity contribution in [1.29, 1.82) is 0 Å². The molecule has 0 aliphatic heterocycles. The highest BCUT2D eigenvalue weighted by molar-refractivity contribution is 5.77. The van der Waals surface area contributed by atoms with Crippen molar-refractivity contribution in [1.82, 2.24) is 4.90 Å². The average molecular weight is 410 g/mol. The lowest BCUT2D eigenvalue weighted by Crippen LogP contribution is -2.38. The first-order valence-corrected chi connectivity index (χ1v) is 11.2. The second kappa shape index (κ2) is 10.2. The number of esters is 1. The van der Waals surface area contributed by atoms with E-state index >= 15 is 0 Å². The third-order valence-corrected chi connectivity index (χ3v) is 5.96. The van der Waals surface area contributed by atoms with Crippen LogP contribution in [0.1, 0.15) is 69.6 Å². The molecular weight excluding hydrogens is 374 g/mol. The Morgan fingerprint density at radius 1 is 1.07 bits per heavy atom. The third-order valence-electron chi connectivity index (χ3n) is 5.96. The SMILES string of the molecule is CC(C)N(CC[C@H](c1ccccc1)c1cc(CO)ccc1OC(=O)C1CC1)C(C)C. The van der Waals surface area contributed by atoms with E-state index in [4.69, 9.17) is 4.74 Å². The maximum atomic E-state index is 12.4. The topological polar surface area (TPSA) is 49.8 Å². The molecule has 0 amide bonds. The molecule has 0 spiro atoms. The van der Waals surface area contributed by atoms with Crippen LogP contribution in [0, 0.1) is 5.92 Å². The summed E-state index contributed by atoms with van der Waals surface area (Å²) in [4.78, 5) is 14.9. The van der Waals surface area contributed by atoms with Crippen LogP contribution >= 0.6 is 0 Å². The Morgan fingerprint density at radius 3 is 2.30 bits per heavy atom. The highest BCUT2D eigenvalue weighted by Gasteiger charge is 2.32. The zero-order chi connectivity index (χ0) is 21.7. The van der Waals surface area contributed by atoms with Crippen LogP contribution in [0.4, 0.5) is 0 Å². The third kappa shape index (κ3) is 5.71. The van der Waals surface area contributed by atoms with Gasteiger partial charge < -0.3 is 9.84 Å². The van der Waals surface area contributed by atoms with Crippen molar-refractivity contribution < 1.29 is 14.6 Å². The van der Waals surface area contributed by atoms with Crippen molar-refractivity contribution in [2.75, 3.05) is 6.54 Å². The lowest BCUT2D eigenvalue weighted by atomic mass is 9.86. The first-order valence-electron chi connectivity index (χ1n) is 11.2. The maximum Gasteiger partial charge on any atom is 0.314 e. The molecule has 4 nitrogen and oxygen atoms in total. The van der Waals surface area contributed by atoms with E-state index in [9.17, 15) is 9.90 Å². The highest BCUT2D eigenvalue weighted by Crippen LogP contribution is 2.38. The Balaban J connectivity index is 1.96. The Morgan fingerprint density at radius 2 is 1.73 bits per heavy atom. The minimum atomic E-state index is -0.134. The molecule has 0 saturated heterocycles. The predicted octanol–water partition coefficient (Wildman–Crippen LogP) is 5.14. The van der Waals surface area contributed by atoms with Gasteiger partial charge in [-0.2, -0.15) is 0 Å². The van der Waals surface area contributed by atoms with Crippen molar-refractivity contribution >= 4 is 5.97 Å². The molecule has 4 heteroatoms. The number of carbonyl (C=O) groups is 1. The number of carbonyl (C=O) groups excluding carboxylic acids is 1. The fourth-order valence-electron chi connectivity index (χ4n) is 4.15. The Hall–Kier alpha value is -2.17. The summed E-state index contributed by atoms with van der Waals surface area (Å²) in [6, 6.07) is 17.0. The van der Waals surface area contributed by atoms with Crippen LogP contribution in [0.2, 0.25) is 0 Å². The van der Waals surface area contributed by atoms with E-state index in [0.29, 0.717) is 17.8 Å². The van der Waals surface area contributed by atoms with E-state index in [0.717, 1.165) is 36.9 Å². The molecule has 1 saturated carbocycles. The summed E-state index contributed by atoms with van der Waals surface area (Å²) < 4.78 is 5.84. The van der Waals surface area contributed by atoms with Crippen LogP contribution in [0.3, 0.4) is 0 Å². The van der Waals surface area contributed by atoms with Crippen molar-refractivity contribution in [2.45, 2.75) is 71.6 Å². The lowest BCUT2D eigenvalue weighted by molar-refractivity contribution is -0.135. The van der Waals surface area contributed by atoms with Crippen LogP contribution in [-0.2, 0) is 11.4 Å². The Kier molecular flexibility index (Phi) is 7.68. The van der Waals surface area contributed by atoms with Gasteiger partial charge in [0.05, 0.1) is 12.5 Å². The molecule has 1 atom stereocenters. The van der Waals surface area contributed by atoms with Gasteiger partial charge in [0.25, 0.3) is 0 Å². The Bertz CT molecular complexity index is 819. The van der Waals surface area contributed by atoms with Gasteiger partial charge in [-0.15, -0.1) is 0 Å². The summed E-state index contributed by atoms with van der Waals surface area (Å²) in [7, 11) is 0. The van der Waals surface area contributed by atoms with E-state index < -0.39 is 0 Å². The van der Waals surface area contributed by atoms with Gasteiger partial charge in [0.1, 0.15) is 5.75 Å².